The lowest BCUT2D eigenvalue weighted by Gasteiger charge is -2.34. The van der Waals surface area contributed by atoms with Crippen molar-refractivity contribution in [1.82, 2.24) is 9.80 Å². The highest BCUT2D eigenvalue weighted by atomic mass is 16.5. The molecule has 1 heterocycles. The molecule has 0 radical (unpaired) electrons. The molecule has 1 aliphatic heterocycles. The molecule has 0 aromatic heterocycles. The van der Waals surface area contributed by atoms with Crippen LogP contribution >= 0.6 is 0 Å². The number of benzene rings is 1. The maximum atomic E-state index is 11.4. The van der Waals surface area contributed by atoms with Crippen LogP contribution in [0.15, 0.2) is 24.3 Å². The lowest BCUT2D eigenvalue weighted by atomic mass is 10.1. The highest BCUT2D eigenvalue weighted by Gasteiger charge is 2.18. The van der Waals surface area contributed by atoms with Crippen LogP contribution in [0.3, 0.4) is 0 Å². The van der Waals surface area contributed by atoms with Crippen LogP contribution in [0.2, 0.25) is 0 Å². The second kappa shape index (κ2) is 8.76. The molecular weight excluding hydrogens is 280 g/mol. The Labute approximate surface area is 132 Å². The molecule has 0 spiro atoms. The number of piperazine rings is 1. The molecule has 0 unspecified atom stereocenters. The predicted octanol–water partition coefficient (Wildman–Crippen LogP) is 1.77. The Morgan fingerprint density at radius 3 is 2.50 bits per heavy atom. The van der Waals surface area contributed by atoms with Gasteiger partial charge in [0.25, 0.3) is 0 Å². The van der Waals surface area contributed by atoms with Crippen molar-refractivity contribution in [3.05, 3.63) is 29.8 Å². The summed E-state index contributed by atoms with van der Waals surface area (Å²) in [5, 5.41) is 0. The van der Waals surface area contributed by atoms with Crippen LogP contribution in [0.25, 0.3) is 0 Å². The van der Waals surface area contributed by atoms with Gasteiger partial charge in [0, 0.05) is 44.8 Å². The molecule has 0 amide bonds. The molecule has 22 heavy (non-hydrogen) atoms. The van der Waals surface area contributed by atoms with E-state index in [1.807, 2.05) is 25.1 Å². The molecule has 0 bridgehead atoms. The number of carbonyl (C=O) groups excluding carboxylic acids is 1. The van der Waals surface area contributed by atoms with Crippen LogP contribution in [-0.4, -0.2) is 62.2 Å². The van der Waals surface area contributed by atoms with Gasteiger partial charge in [-0.05, 0) is 13.0 Å². The van der Waals surface area contributed by atoms with E-state index in [4.69, 9.17) is 9.47 Å². The summed E-state index contributed by atoms with van der Waals surface area (Å²) in [5.74, 6) is 0.853. The molecule has 5 nitrogen and oxygen atoms in total. The van der Waals surface area contributed by atoms with E-state index >= 15 is 0 Å². The quantitative estimate of drug-likeness (QED) is 0.718. The Hall–Kier alpha value is -1.59. The second-order valence-electron chi connectivity index (χ2n) is 5.48. The Morgan fingerprint density at radius 2 is 1.82 bits per heavy atom. The molecule has 5 heteroatoms. The number of esters is 1. The van der Waals surface area contributed by atoms with Crippen molar-refractivity contribution >= 4 is 5.97 Å². The number of rotatable bonds is 7. The van der Waals surface area contributed by atoms with Gasteiger partial charge in [0.15, 0.2) is 0 Å². The van der Waals surface area contributed by atoms with Gasteiger partial charge in [0.1, 0.15) is 5.75 Å². The van der Waals surface area contributed by atoms with Crippen LogP contribution in [-0.2, 0) is 16.1 Å². The zero-order valence-corrected chi connectivity index (χ0v) is 13.6. The van der Waals surface area contributed by atoms with Gasteiger partial charge >= 0.3 is 5.97 Å². The third kappa shape index (κ3) is 5.00. The number of hydrogen-bond acceptors (Lipinski definition) is 5. The topological polar surface area (TPSA) is 42.0 Å². The molecule has 1 aromatic rings. The van der Waals surface area contributed by atoms with Crippen molar-refractivity contribution in [3.63, 3.8) is 0 Å². The summed E-state index contributed by atoms with van der Waals surface area (Å²) in [6.45, 7) is 8.03. The zero-order valence-electron chi connectivity index (χ0n) is 13.6. The normalized spacial score (nSPS) is 16.5. The first-order valence-corrected chi connectivity index (χ1v) is 7.95. The minimum atomic E-state index is -0.0982. The maximum absolute atomic E-state index is 11.4. The maximum Gasteiger partial charge on any atom is 0.307 e. The number of hydrogen-bond donors (Lipinski definition) is 0. The molecule has 1 aliphatic rings. The van der Waals surface area contributed by atoms with Gasteiger partial charge in [0.05, 0.1) is 20.1 Å². The minimum Gasteiger partial charge on any atom is -0.496 e. The summed E-state index contributed by atoms with van der Waals surface area (Å²) in [5.41, 5.74) is 1.23. The SMILES string of the molecule is CCOC(=O)CCN1CCN(Cc2ccccc2OC)CC1. The van der Waals surface area contributed by atoms with Crippen molar-refractivity contribution in [2.75, 3.05) is 46.4 Å². The van der Waals surface area contributed by atoms with Crippen LogP contribution in [0.1, 0.15) is 18.9 Å². The molecule has 2 rings (SSSR count). The first-order valence-electron chi connectivity index (χ1n) is 7.95. The highest BCUT2D eigenvalue weighted by Crippen LogP contribution is 2.19. The van der Waals surface area contributed by atoms with E-state index in [0.717, 1.165) is 45.0 Å². The molecular formula is C17H26N2O3. The average Bonchev–Trinajstić information content (AvgIpc) is 2.55. The van der Waals surface area contributed by atoms with Gasteiger partial charge < -0.3 is 14.4 Å². The minimum absolute atomic E-state index is 0.0982. The van der Waals surface area contributed by atoms with Crippen LogP contribution in [0.5, 0.6) is 5.75 Å². The van der Waals surface area contributed by atoms with Crippen molar-refractivity contribution in [2.45, 2.75) is 19.9 Å². The Balaban J connectivity index is 1.74. The van der Waals surface area contributed by atoms with E-state index in [9.17, 15) is 4.79 Å². The number of para-hydroxylation sites is 1. The largest absolute Gasteiger partial charge is 0.496 e. The van der Waals surface area contributed by atoms with E-state index < -0.39 is 0 Å². The van der Waals surface area contributed by atoms with Crippen molar-refractivity contribution in [3.8, 4) is 5.75 Å². The van der Waals surface area contributed by atoms with Gasteiger partial charge in [-0.15, -0.1) is 0 Å². The molecule has 1 aromatic carbocycles. The third-order valence-electron chi connectivity index (χ3n) is 3.99. The van der Waals surface area contributed by atoms with E-state index in [2.05, 4.69) is 15.9 Å². The number of methoxy groups -OCH3 is 1. The van der Waals surface area contributed by atoms with Gasteiger partial charge in [-0.3, -0.25) is 9.69 Å². The number of carbonyl (C=O) groups is 1. The summed E-state index contributed by atoms with van der Waals surface area (Å²) < 4.78 is 10.4. The molecule has 0 aliphatic carbocycles. The van der Waals surface area contributed by atoms with Crippen LogP contribution < -0.4 is 4.74 Å². The number of nitrogens with zero attached hydrogens (tertiary/aromatic N) is 2. The molecule has 122 valence electrons. The molecule has 0 saturated carbocycles. The van der Waals surface area contributed by atoms with Gasteiger partial charge in [-0.25, -0.2) is 0 Å². The second-order valence-corrected chi connectivity index (χ2v) is 5.48. The summed E-state index contributed by atoms with van der Waals surface area (Å²) in [6.07, 6.45) is 0.486. The van der Waals surface area contributed by atoms with Crippen molar-refractivity contribution in [2.24, 2.45) is 0 Å². The van der Waals surface area contributed by atoms with E-state index in [-0.39, 0.29) is 5.97 Å². The summed E-state index contributed by atoms with van der Waals surface area (Å²) in [6, 6.07) is 8.17. The van der Waals surface area contributed by atoms with Crippen LogP contribution in [0, 0.1) is 0 Å². The monoisotopic (exact) mass is 306 g/mol. The first-order chi connectivity index (χ1) is 10.7. The Morgan fingerprint density at radius 1 is 1.14 bits per heavy atom. The molecule has 0 N–H and O–H groups in total. The zero-order chi connectivity index (χ0) is 15.8. The fourth-order valence-corrected chi connectivity index (χ4v) is 2.73. The summed E-state index contributed by atoms with van der Waals surface area (Å²) >= 11 is 0. The summed E-state index contributed by atoms with van der Waals surface area (Å²) in [7, 11) is 1.71. The fraction of sp³-hybridized carbons (Fsp3) is 0.588. The molecule has 0 atom stereocenters. The smallest absolute Gasteiger partial charge is 0.307 e. The average molecular weight is 306 g/mol. The standard InChI is InChI=1S/C17H26N2O3/c1-3-22-17(20)8-9-18-10-12-19(13-11-18)14-15-6-4-5-7-16(15)21-2/h4-7H,3,8-14H2,1-2H3. The fourth-order valence-electron chi connectivity index (χ4n) is 2.73. The number of ether oxygens (including phenoxy) is 2. The van der Waals surface area contributed by atoms with E-state index in [1.165, 1.54) is 5.56 Å². The third-order valence-corrected chi connectivity index (χ3v) is 3.99. The lowest BCUT2D eigenvalue weighted by Crippen LogP contribution is -2.46. The summed E-state index contributed by atoms with van der Waals surface area (Å²) in [4.78, 5) is 16.1. The molecule has 1 fully saturated rings. The van der Waals surface area contributed by atoms with Gasteiger partial charge in [-0.1, -0.05) is 18.2 Å². The van der Waals surface area contributed by atoms with E-state index in [0.29, 0.717) is 13.0 Å². The first kappa shape index (κ1) is 16.8. The van der Waals surface area contributed by atoms with Gasteiger partial charge in [0.2, 0.25) is 0 Å². The Kier molecular flexibility index (Phi) is 6.68. The van der Waals surface area contributed by atoms with Crippen LogP contribution in [0.4, 0.5) is 0 Å². The van der Waals surface area contributed by atoms with Crippen molar-refractivity contribution in [1.29, 1.82) is 0 Å². The Bertz CT molecular complexity index is 471. The predicted molar refractivity (Wildman–Crippen MR) is 86.0 cm³/mol. The molecule has 1 saturated heterocycles. The van der Waals surface area contributed by atoms with E-state index in [1.54, 1.807) is 7.11 Å². The lowest BCUT2D eigenvalue weighted by molar-refractivity contribution is -0.143. The van der Waals surface area contributed by atoms with Gasteiger partial charge in [-0.2, -0.15) is 0 Å². The van der Waals surface area contributed by atoms with Crippen molar-refractivity contribution < 1.29 is 14.3 Å². The highest BCUT2D eigenvalue weighted by molar-refractivity contribution is 5.69.